The van der Waals surface area contributed by atoms with Gasteiger partial charge >= 0.3 is 0 Å². The number of imidazole rings is 1. The van der Waals surface area contributed by atoms with Crippen LogP contribution >= 0.6 is 28.1 Å². The van der Waals surface area contributed by atoms with Gasteiger partial charge in [0.1, 0.15) is 0 Å². The van der Waals surface area contributed by atoms with E-state index in [1.807, 2.05) is 18.2 Å². The molecule has 0 atom stereocenters. The fraction of sp³-hybridized carbons (Fsp3) is 0.308. The van der Waals surface area contributed by atoms with Crippen molar-refractivity contribution in [2.24, 2.45) is 0 Å². The van der Waals surface area contributed by atoms with Crippen LogP contribution in [-0.4, -0.2) is 22.8 Å². The van der Waals surface area contributed by atoms with Gasteiger partial charge in [-0.25, -0.2) is 0 Å². The van der Waals surface area contributed by atoms with Crippen molar-refractivity contribution in [2.75, 3.05) is 13.2 Å². The predicted octanol–water partition coefficient (Wildman–Crippen LogP) is 4.05. The summed E-state index contributed by atoms with van der Waals surface area (Å²) >= 11 is 8.77. The van der Waals surface area contributed by atoms with Gasteiger partial charge in [0.25, 0.3) is 0 Å². The molecule has 0 aliphatic rings. The molecule has 0 saturated carbocycles. The van der Waals surface area contributed by atoms with Crippen LogP contribution in [-0.2, 0) is 11.3 Å². The van der Waals surface area contributed by atoms with Crippen molar-refractivity contribution >= 4 is 39.2 Å². The Bertz CT molecular complexity index is 603. The molecule has 0 radical (unpaired) electrons. The summed E-state index contributed by atoms with van der Waals surface area (Å²) in [4.78, 5) is 3.20. The van der Waals surface area contributed by atoms with E-state index in [1.54, 1.807) is 0 Å². The molecule has 1 aromatic heterocycles. The van der Waals surface area contributed by atoms with Gasteiger partial charge in [-0.15, -0.1) is 6.58 Å². The van der Waals surface area contributed by atoms with Crippen molar-refractivity contribution in [1.82, 2.24) is 9.55 Å². The molecule has 2 rings (SSSR count). The summed E-state index contributed by atoms with van der Waals surface area (Å²) in [6.45, 7) is 5.79. The van der Waals surface area contributed by atoms with E-state index in [4.69, 9.17) is 17.0 Å². The molecule has 1 N–H and O–H groups in total. The normalized spacial score (nSPS) is 10.9. The van der Waals surface area contributed by atoms with E-state index in [1.165, 1.54) is 0 Å². The van der Waals surface area contributed by atoms with Gasteiger partial charge in [0.15, 0.2) is 4.77 Å². The number of hydrogen-bond donors (Lipinski definition) is 1. The Kier molecular flexibility index (Phi) is 4.74. The monoisotopic (exact) mass is 326 g/mol. The minimum Gasteiger partial charge on any atom is -0.379 e. The Balaban J connectivity index is 2.10. The summed E-state index contributed by atoms with van der Waals surface area (Å²) in [6, 6.07) is 6.09. The highest BCUT2D eigenvalue weighted by molar-refractivity contribution is 9.10. The minimum absolute atomic E-state index is 0.658. The molecular formula is C13H15BrN2OS. The van der Waals surface area contributed by atoms with Crippen LogP contribution in [0.2, 0.25) is 0 Å². The van der Waals surface area contributed by atoms with Gasteiger partial charge in [0, 0.05) is 11.0 Å². The SMILES string of the molecule is C=CCCOCCn1c(=S)[nH]c2cc(Br)ccc21. The third kappa shape index (κ3) is 3.10. The average Bonchev–Trinajstić information content (AvgIpc) is 2.64. The molecule has 0 aliphatic carbocycles. The van der Waals surface area contributed by atoms with Crippen molar-refractivity contribution < 1.29 is 4.74 Å². The van der Waals surface area contributed by atoms with Gasteiger partial charge in [-0.05, 0) is 36.8 Å². The van der Waals surface area contributed by atoms with E-state index >= 15 is 0 Å². The second-order valence-corrected chi connectivity index (χ2v) is 5.24. The van der Waals surface area contributed by atoms with Crippen molar-refractivity contribution in [3.63, 3.8) is 0 Å². The number of benzene rings is 1. The fourth-order valence-electron chi connectivity index (χ4n) is 1.78. The van der Waals surface area contributed by atoms with Gasteiger partial charge in [-0.2, -0.15) is 0 Å². The van der Waals surface area contributed by atoms with E-state index in [2.05, 4.69) is 38.1 Å². The van der Waals surface area contributed by atoms with E-state index in [-0.39, 0.29) is 0 Å². The van der Waals surface area contributed by atoms with Crippen molar-refractivity contribution in [3.8, 4) is 0 Å². The van der Waals surface area contributed by atoms with Crippen LogP contribution in [0.4, 0.5) is 0 Å². The third-order valence-corrected chi connectivity index (χ3v) is 3.48. The van der Waals surface area contributed by atoms with Gasteiger partial charge in [-0.1, -0.05) is 22.0 Å². The number of rotatable bonds is 6. The summed E-state index contributed by atoms with van der Waals surface area (Å²) < 4.78 is 9.35. The molecule has 0 saturated heterocycles. The maximum atomic E-state index is 5.51. The molecule has 2 aromatic rings. The number of ether oxygens (including phenoxy) is 1. The van der Waals surface area contributed by atoms with Crippen LogP contribution in [0.3, 0.4) is 0 Å². The summed E-state index contributed by atoms with van der Waals surface area (Å²) in [5.74, 6) is 0. The van der Waals surface area contributed by atoms with Crippen molar-refractivity contribution in [2.45, 2.75) is 13.0 Å². The Morgan fingerprint density at radius 3 is 3.06 bits per heavy atom. The average molecular weight is 327 g/mol. The second kappa shape index (κ2) is 6.31. The number of aromatic amines is 1. The lowest BCUT2D eigenvalue weighted by Crippen LogP contribution is -2.06. The third-order valence-electron chi connectivity index (χ3n) is 2.66. The molecule has 3 nitrogen and oxygen atoms in total. The number of aromatic nitrogens is 2. The standard InChI is InChI=1S/C13H15BrN2OS/c1-2-3-7-17-8-6-16-12-5-4-10(14)9-11(12)15-13(16)18/h2,4-5,9H,1,3,6-8H2,(H,15,18). The topological polar surface area (TPSA) is 29.9 Å². The number of nitrogens with one attached hydrogen (secondary N) is 1. The lowest BCUT2D eigenvalue weighted by molar-refractivity contribution is 0.131. The molecule has 1 aromatic carbocycles. The first kappa shape index (κ1) is 13.5. The number of H-pyrrole nitrogens is 1. The van der Waals surface area contributed by atoms with Gasteiger partial charge in [0.2, 0.25) is 0 Å². The number of hydrogen-bond acceptors (Lipinski definition) is 2. The zero-order chi connectivity index (χ0) is 13.0. The summed E-state index contributed by atoms with van der Waals surface area (Å²) in [5.41, 5.74) is 2.15. The summed E-state index contributed by atoms with van der Waals surface area (Å²) in [7, 11) is 0. The zero-order valence-corrected chi connectivity index (χ0v) is 12.4. The van der Waals surface area contributed by atoms with Crippen LogP contribution in [0, 0.1) is 4.77 Å². The lowest BCUT2D eigenvalue weighted by Gasteiger charge is -2.05. The van der Waals surface area contributed by atoms with Gasteiger partial charge in [-0.3, -0.25) is 0 Å². The predicted molar refractivity (Wildman–Crippen MR) is 80.5 cm³/mol. The smallest absolute Gasteiger partial charge is 0.178 e. The quantitative estimate of drug-likeness (QED) is 0.493. The van der Waals surface area contributed by atoms with Crippen molar-refractivity contribution in [3.05, 3.63) is 40.1 Å². The van der Waals surface area contributed by atoms with Gasteiger partial charge in [0.05, 0.1) is 24.2 Å². The number of fused-ring (bicyclic) bond motifs is 1. The summed E-state index contributed by atoms with van der Waals surface area (Å²) in [6.07, 6.45) is 2.74. The van der Waals surface area contributed by atoms with Crippen LogP contribution < -0.4 is 0 Å². The maximum Gasteiger partial charge on any atom is 0.178 e. The largest absolute Gasteiger partial charge is 0.379 e. The number of nitrogens with zero attached hydrogens (tertiary/aromatic N) is 1. The molecule has 0 bridgehead atoms. The molecule has 0 aliphatic heterocycles. The highest BCUT2D eigenvalue weighted by atomic mass is 79.9. The molecule has 0 fully saturated rings. The van der Waals surface area contributed by atoms with Crippen molar-refractivity contribution in [1.29, 1.82) is 0 Å². The first-order chi connectivity index (χ1) is 8.72. The molecule has 5 heteroatoms. The van der Waals surface area contributed by atoms with Crippen LogP contribution in [0.5, 0.6) is 0 Å². The number of halogens is 1. The second-order valence-electron chi connectivity index (χ2n) is 3.93. The first-order valence-corrected chi connectivity index (χ1v) is 6.99. The van der Waals surface area contributed by atoms with Crippen LogP contribution in [0.15, 0.2) is 35.3 Å². The summed E-state index contributed by atoms with van der Waals surface area (Å²) in [5, 5.41) is 0. The van der Waals surface area contributed by atoms with Crippen LogP contribution in [0.1, 0.15) is 6.42 Å². The van der Waals surface area contributed by atoms with E-state index in [0.29, 0.717) is 13.2 Å². The van der Waals surface area contributed by atoms with E-state index in [0.717, 1.165) is 33.2 Å². The molecule has 96 valence electrons. The lowest BCUT2D eigenvalue weighted by atomic mass is 10.3. The Hall–Kier alpha value is -0.910. The van der Waals surface area contributed by atoms with Crippen LogP contribution in [0.25, 0.3) is 11.0 Å². The molecule has 0 amide bonds. The molecule has 0 unspecified atom stereocenters. The van der Waals surface area contributed by atoms with E-state index < -0.39 is 0 Å². The first-order valence-electron chi connectivity index (χ1n) is 5.79. The zero-order valence-electron chi connectivity index (χ0n) is 9.99. The Labute approximate surface area is 120 Å². The highest BCUT2D eigenvalue weighted by Crippen LogP contribution is 2.19. The molecule has 1 heterocycles. The highest BCUT2D eigenvalue weighted by Gasteiger charge is 2.04. The van der Waals surface area contributed by atoms with Gasteiger partial charge < -0.3 is 14.3 Å². The Morgan fingerprint density at radius 2 is 2.28 bits per heavy atom. The fourth-order valence-corrected chi connectivity index (χ4v) is 2.44. The van der Waals surface area contributed by atoms with E-state index in [9.17, 15) is 0 Å². The molecular weight excluding hydrogens is 312 g/mol. The minimum atomic E-state index is 0.658. The molecule has 18 heavy (non-hydrogen) atoms. The Morgan fingerprint density at radius 1 is 1.44 bits per heavy atom. The maximum absolute atomic E-state index is 5.51. The molecule has 0 spiro atoms.